The molecule has 3 heteroatoms. The molecule has 1 heterocycles. The Morgan fingerprint density at radius 2 is 2.00 bits per heavy atom. The summed E-state index contributed by atoms with van der Waals surface area (Å²) < 4.78 is 5.92. The Bertz CT molecular complexity index is 322. The lowest BCUT2D eigenvalue weighted by Crippen LogP contribution is -2.40. The fourth-order valence-electron chi connectivity index (χ4n) is 1.78. The third kappa shape index (κ3) is 4.25. The van der Waals surface area contributed by atoms with Gasteiger partial charge in [0.05, 0.1) is 11.7 Å². The van der Waals surface area contributed by atoms with Crippen molar-refractivity contribution in [3.8, 4) is 5.75 Å². The highest BCUT2D eigenvalue weighted by molar-refractivity contribution is 6.43. The highest BCUT2D eigenvalue weighted by atomic mass is 16.5. The van der Waals surface area contributed by atoms with Crippen LogP contribution in [0.5, 0.6) is 5.75 Å². The van der Waals surface area contributed by atoms with Crippen LogP contribution in [0.1, 0.15) is 41.0 Å². The van der Waals surface area contributed by atoms with Crippen LogP contribution in [0.25, 0.3) is 0 Å². The zero-order valence-electron chi connectivity index (χ0n) is 10.9. The quantitative estimate of drug-likeness (QED) is 0.705. The molecule has 0 saturated heterocycles. The van der Waals surface area contributed by atoms with Crippen molar-refractivity contribution in [1.82, 2.24) is 4.98 Å². The molecule has 87 valence electrons. The zero-order chi connectivity index (χ0) is 12.2. The summed E-state index contributed by atoms with van der Waals surface area (Å²) in [4.78, 5) is 4.05. The maximum Gasteiger partial charge on any atom is 0.176 e. The van der Waals surface area contributed by atoms with Gasteiger partial charge < -0.3 is 4.74 Å². The Kier molecular flexibility index (Phi) is 4.00. The number of hydrogen-bond acceptors (Lipinski definition) is 2. The van der Waals surface area contributed by atoms with E-state index in [1.807, 2.05) is 12.1 Å². The van der Waals surface area contributed by atoms with Crippen molar-refractivity contribution in [3.63, 3.8) is 0 Å². The smallest absolute Gasteiger partial charge is 0.176 e. The number of aromatic nitrogens is 1. The molecule has 0 atom stereocenters. The van der Waals surface area contributed by atoms with Gasteiger partial charge in [0, 0.05) is 6.20 Å². The summed E-state index contributed by atoms with van der Waals surface area (Å²) in [5, 5.41) is 0.186. The van der Waals surface area contributed by atoms with E-state index in [2.05, 4.69) is 46.9 Å². The highest BCUT2D eigenvalue weighted by Gasteiger charge is 2.30. The fourth-order valence-corrected chi connectivity index (χ4v) is 1.78. The van der Waals surface area contributed by atoms with Crippen molar-refractivity contribution < 1.29 is 4.74 Å². The van der Waals surface area contributed by atoms with Gasteiger partial charge in [0.1, 0.15) is 5.75 Å². The molecule has 0 fully saturated rings. The van der Waals surface area contributed by atoms with E-state index in [1.165, 1.54) is 0 Å². The van der Waals surface area contributed by atoms with Crippen molar-refractivity contribution >= 4 is 7.28 Å². The molecule has 0 N–H and O–H groups in total. The molecule has 1 radical (unpaired) electrons. The van der Waals surface area contributed by atoms with Crippen LogP contribution in [0.15, 0.2) is 24.5 Å². The van der Waals surface area contributed by atoms with E-state index in [0.717, 1.165) is 12.2 Å². The summed E-state index contributed by atoms with van der Waals surface area (Å²) in [5.41, 5.74) is -0.275. The lowest BCUT2D eigenvalue weighted by atomic mass is 9.45. The van der Waals surface area contributed by atoms with E-state index in [1.54, 1.807) is 12.4 Å². The van der Waals surface area contributed by atoms with Gasteiger partial charge in [0.25, 0.3) is 0 Å². The molecule has 0 amide bonds. The van der Waals surface area contributed by atoms with Gasteiger partial charge in [-0.2, -0.15) is 0 Å². The number of pyridine rings is 1. The van der Waals surface area contributed by atoms with Crippen molar-refractivity contribution in [3.05, 3.63) is 24.5 Å². The maximum atomic E-state index is 5.92. The van der Waals surface area contributed by atoms with Crippen molar-refractivity contribution in [1.29, 1.82) is 0 Å². The third-order valence-electron chi connectivity index (χ3n) is 2.66. The largest absolute Gasteiger partial charge is 0.496 e. The first kappa shape index (κ1) is 13.1. The SMILES string of the molecule is CCC(C)(C)[B]C(C)(C)Oc1cccnc1. The number of nitrogens with zero attached hydrogens (tertiary/aromatic N) is 1. The van der Waals surface area contributed by atoms with E-state index >= 15 is 0 Å². The molecule has 2 nitrogen and oxygen atoms in total. The molecular formula is C13H21BNO. The summed E-state index contributed by atoms with van der Waals surface area (Å²) in [6, 6.07) is 3.82. The van der Waals surface area contributed by atoms with Crippen molar-refractivity contribution in [2.45, 2.75) is 51.9 Å². The lowest BCUT2D eigenvalue weighted by molar-refractivity contribution is 0.188. The van der Waals surface area contributed by atoms with Crippen LogP contribution < -0.4 is 4.74 Å². The van der Waals surface area contributed by atoms with Gasteiger partial charge >= 0.3 is 0 Å². The molecular weight excluding hydrogens is 197 g/mol. The standard InChI is InChI=1S/C13H21BNO/c1-6-12(2,3)14-13(4,5)16-11-8-7-9-15-10-11/h7-10H,6H2,1-5H3. The summed E-state index contributed by atoms with van der Waals surface area (Å²) in [6.45, 7) is 10.8. The van der Waals surface area contributed by atoms with Crippen LogP contribution in [0.3, 0.4) is 0 Å². The normalized spacial score (nSPS) is 12.3. The van der Waals surface area contributed by atoms with Gasteiger partial charge in [-0.15, -0.1) is 0 Å². The molecule has 1 rings (SSSR count). The molecule has 1 aromatic rings. The predicted octanol–water partition coefficient (Wildman–Crippen LogP) is 3.51. The number of ether oxygens (including phenoxy) is 1. The second-order valence-corrected chi connectivity index (χ2v) is 5.38. The number of hydrogen-bond donors (Lipinski definition) is 0. The monoisotopic (exact) mass is 218 g/mol. The average Bonchev–Trinajstić information content (AvgIpc) is 2.17. The average molecular weight is 218 g/mol. The Hall–Kier alpha value is -0.985. The van der Waals surface area contributed by atoms with Crippen LogP contribution in [0.4, 0.5) is 0 Å². The first-order chi connectivity index (χ1) is 7.35. The van der Waals surface area contributed by atoms with Gasteiger partial charge in [-0.05, 0) is 26.0 Å². The van der Waals surface area contributed by atoms with Crippen molar-refractivity contribution in [2.75, 3.05) is 0 Å². The molecule has 0 unspecified atom stereocenters. The van der Waals surface area contributed by atoms with Gasteiger partial charge in [-0.1, -0.05) is 32.5 Å². The maximum absolute atomic E-state index is 5.92. The van der Waals surface area contributed by atoms with E-state index in [0.29, 0.717) is 0 Å². The van der Waals surface area contributed by atoms with Crippen LogP contribution >= 0.6 is 0 Å². The second-order valence-electron chi connectivity index (χ2n) is 5.38. The predicted molar refractivity (Wildman–Crippen MR) is 69.0 cm³/mol. The van der Waals surface area contributed by atoms with Crippen LogP contribution in [-0.2, 0) is 0 Å². The van der Waals surface area contributed by atoms with Gasteiger partial charge in [-0.3, -0.25) is 4.98 Å². The summed E-state index contributed by atoms with van der Waals surface area (Å²) >= 11 is 0. The summed E-state index contributed by atoms with van der Waals surface area (Å²) in [5.74, 6) is 0.815. The molecule has 0 saturated carbocycles. The minimum atomic E-state index is -0.275. The first-order valence-electron chi connectivity index (χ1n) is 5.81. The topological polar surface area (TPSA) is 22.1 Å². The first-order valence-corrected chi connectivity index (χ1v) is 5.81. The second kappa shape index (κ2) is 4.90. The van der Waals surface area contributed by atoms with Gasteiger partial charge in [0.2, 0.25) is 0 Å². The molecule has 0 aliphatic carbocycles. The third-order valence-corrected chi connectivity index (χ3v) is 2.66. The number of rotatable bonds is 5. The van der Waals surface area contributed by atoms with Gasteiger partial charge in [0.15, 0.2) is 7.28 Å². The molecule has 0 aromatic carbocycles. The molecule has 0 spiro atoms. The van der Waals surface area contributed by atoms with Crippen LogP contribution in [0, 0.1) is 0 Å². The Labute approximate surface area is 99.7 Å². The fraction of sp³-hybridized carbons (Fsp3) is 0.615. The zero-order valence-corrected chi connectivity index (χ0v) is 10.9. The summed E-state index contributed by atoms with van der Waals surface area (Å²) in [7, 11) is 2.26. The van der Waals surface area contributed by atoms with E-state index in [-0.39, 0.29) is 10.8 Å². The molecule has 1 aromatic heterocycles. The van der Waals surface area contributed by atoms with E-state index in [4.69, 9.17) is 4.74 Å². The minimum absolute atomic E-state index is 0.186. The summed E-state index contributed by atoms with van der Waals surface area (Å²) in [6.07, 6.45) is 4.60. The Balaban J connectivity index is 2.65. The van der Waals surface area contributed by atoms with E-state index < -0.39 is 0 Å². The molecule has 0 bridgehead atoms. The molecule has 0 aliphatic heterocycles. The highest BCUT2D eigenvalue weighted by Crippen LogP contribution is 2.32. The van der Waals surface area contributed by atoms with Crippen LogP contribution in [-0.4, -0.2) is 17.8 Å². The molecule has 16 heavy (non-hydrogen) atoms. The van der Waals surface area contributed by atoms with Crippen molar-refractivity contribution in [2.24, 2.45) is 0 Å². The van der Waals surface area contributed by atoms with Gasteiger partial charge in [-0.25, -0.2) is 0 Å². The van der Waals surface area contributed by atoms with E-state index in [9.17, 15) is 0 Å². The Morgan fingerprint density at radius 1 is 1.31 bits per heavy atom. The van der Waals surface area contributed by atoms with Crippen LogP contribution in [0.2, 0.25) is 5.31 Å². The lowest BCUT2D eigenvalue weighted by Gasteiger charge is -2.33. The Morgan fingerprint density at radius 3 is 2.50 bits per heavy atom. The molecule has 0 aliphatic rings. The minimum Gasteiger partial charge on any atom is -0.496 e.